The van der Waals surface area contributed by atoms with E-state index in [1.165, 1.54) is 0 Å². The summed E-state index contributed by atoms with van der Waals surface area (Å²) in [6.07, 6.45) is 0. The molecule has 24 heavy (non-hydrogen) atoms. The van der Waals surface area contributed by atoms with Crippen LogP contribution in [-0.4, -0.2) is 30.2 Å². The number of hydrogen-bond donors (Lipinski definition) is 0. The first-order chi connectivity index (χ1) is 11.9. The number of hydrogen-bond acceptors (Lipinski definition) is 7. The van der Waals surface area contributed by atoms with Gasteiger partial charge in [0.25, 0.3) is 0 Å². The molecule has 3 heterocycles. The minimum Gasteiger partial charge on any atom is -0.486 e. The summed E-state index contributed by atoms with van der Waals surface area (Å²) in [6.45, 7) is 1.31. The fourth-order valence-electron chi connectivity index (χ4n) is 2.66. The summed E-state index contributed by atoms with van der Waals surface area (Å²) in [7, 11) is 0. The lowest BCUT2D eigenvalue weighted by Crippen LogP contribution is -2.15. The number of ether oxygens (including phenoxy) is 4. The monoisotopic (exact) mass is 324 g/mol. The molecule has 0 bridgehead atoms. The number of rotatable bonds is 2. The van der Waals surface area contributed by atoms with Crippen LogP contribution in [0.2, 0.25) is 0 Å². The molecule has 0 atom stereocenters. The van der Waals surface area contributed by atoms with Crippen molar-refractivity contribution in [3.8, 4) is 45.9 Å². The molecule has 0 amide bonds. The molecule has 7 heteroatoms. The van der Waals surface area contributed by atoms with E-state index in [0.717, 1.165) is 16.9 Å². The van der Waals surface area contributed by atoms with Gasteiger partial charge < -0.3 is 23.4 Å². The topological polar surface area (TPSA) is 75.8 Å². The quantitative estimate of drug-likeness (QED) is 0.717. The fourth-order valence-corrected chi connectivity index (χ4v) is 2.66. The van der Waals surface area contributed by atoms with Gasteiger partial charge in [0.1, 0.15) is 13.2 Å². The Balaban J connectivity index is 1.49. The van der Waals surface area contributed by atoms with Gasteiger partial charge >= 0.3 is 0 Å². The van der Waals surface area contributed by atoms with Gasteiger partial charge in [-0.05, 0) is 36.4 Å². The van der Waals surface area contributed by atoms with E-state index in [0.29, 0.717) is 42.2 Å². The van der Waals surface area contributed by atoms with Crippen LogP contribution in [0.4, 0.5) is 0 Å². The average molecular weight is 324 g/mol. The first-order valence-corrected chi connectivity index (χ1v) is 7.50. The first-order valence-electron chi connectivity index (χ1n) is 7.50. The predicted molar refractivity (Wildman–Crippen MR) is 82.3 cm³/mol. The lowest BCUT2D eigenvalue weighted by atomic mass is 10.2. The van der Waals surface area contributed by atoms with Gasteiger partial charge in [0.15, 0.2) is 23.0 Å². The summed E-state index contributed by atoms with van der Waals surface area (Å²) in [5.41, 5.74) is 1.55. The Kier molecular flexibility index (Phi) is 2.84. The zero-order valence-electron chi connectivity index (χ0n) is 12.5. The van der Waals surface area contributed by atoms with Crippen LogP contribution < -0.4 is 18.9 Å². The molecular formula is C17H12N2O5. The van der Waals surface area contributed by atoms with Crippen LogP contribution in [-0.2, 0) is 0 Å². The van der Waals surface area contributed by atoms with Gasteiger partial charge in [-0.15, -0.1) is 10.2 Å². The van der Waals surface area contributed by atoms with E-state index < -0.39 is 0 Å². The van der Waals surface area contributed by atoms with Crippen LogP contribution in [0.5, 0.6) is 23.0 Å². The van der Waals surface area contributed by atoms with Crippen LogP contribution >= 0.6 is 0 Å². The lowest BCUT2D eigenvalue weighted by Gasteiger charge is -2.18. The van der Waals surface area contributed by atoms with Crippen LogP contribution in [0.25, 0.3) is 22.9 Å². The van der Waals surface area contributed by atoms with Crippen LogP contribution in [0.15, 0.2) is 40.8 Å². The second-order valence-electron chi connectivity index (χ2n) is 5.34. The van der Waals surface area contributed by atoms with Gasteiger partial charge in [-0.3, -0.25) is 0 Å². The molecule has 1 aromatic heterocycles. The molecule has 0 spiro atoms. The van der Waals surface area contributed by atoms with Gasteiger partial charge in [0.05, 0.1) is 0 Å². The van der Waals surface area contributed by atoms with Crippen molar-refractivity contribution in [2.24, 2.45) is 0 Å². The van der Waals surface area contributed by atoms with Crippen molar-refractivity contribution in [1.29, 1.82) is 0 Å². The minimum absolute atomic E-state index is 0.227. The van der Waals surface area contributed by atoms with Crippen molar-refractivity contribution < 1.29 is 23.4 Å². The third kappa shape index (κ3) is 2.13. The Morgan fingerprint density at radius 2 is 1.17 bits per heavy atom. The van der Waals surface area contributed by atoms with E-state index in [-0.39, 0.29) is 6.79 Å². The van der Waals surface area contributed by atoms with Crippen LogP contribution in [0, 0.1) is 0 Å². The molecule has 2 aliphatic heterocycles. The molecule has 3 aromatic rings. The van der Waals surface area contributed by atoms with Crippen LogP contribution in [0.3, 0.4) is 0 Å². The van der Waals surface area contributed by atoms with E-state index in [4.69, 9.17) is 23.4 Å². The van der Waals surface area contributed by atoms with E-state index in [1.54, 1.807) is 0 Å². The van der Waals surface area contributed by atoms with Crippen molar-refractivity contribution in [2.45, 2.75) is 0 Å². The second kappa shape index (κ2) is 5.16. The molecule has 0 fully saturated rings. The van der Waals surface area contributed by atoms with Crippen molar-refractivity contribution in [3.05, 3.63) is 36.4 Å². The molecule has 0 saturated carbocycles. The molecular weight excluding hydrogens is 312 g/mol. The van der Waals surface area contributed by atoms with Gasteiger partial charge in [-0.1, -0.05) is 0 Å². The van der Waals surface area contributed by atoms with Crippen molar-refractivity contribution in [3.63, 3.8) is 0 Å². The summed E-state index contributed by atoms with van der Waals surface area (Å²) < 4.78 is 27.6. The zero-order valence-corrected chi connectivity index (χ0v) is 12.5. The highest BCUT2D eigenvalue weighted by molar-refractivity contribution is 5.64. The molecule has 5 rings (SSSR count). The summed E-state index contributed by atoms with van der Waals surface area (Å²) in [5, 5.41) is 8.24. The molecule has 0 radical (unpaired) electrons. The third-order valence-corrected chi connectivity index (χ3v) is 3.83. The highest BCUT2D eigenvalue weighted by atomic mass is 16.7. The molecule has 0 unspecified atom stereocenters. The van der Waals surface area contributed by atoms with Gasteiger partial charge in [0, 0.05) is 11.1 Å². The van der Waals surface area contributed by atoms with E-state index >= 15 is 0 Å². The SMILES string of the molecule is c1cc2c(cc1-c1nnc(-c3ccc4c(c3)OCO4)o1)OCCO2. The summed E-state index contributed by atoms with van der Waals surface area (Å²) in [4.78, 5) is 0. The Bertz CT molecular complexity index is 921. The molecule has 0 aliphatic carbocycles. The normalized spacial score (nSPS) is 14.7. The van der Waals surface area contributed by atoms with E-state index in [2.05, 4.69) is 10.2 Å². The third-order valence-electron chi connectivity index (χ3n) is 3.83. The molecule has 0 N–H and O–H groups in total. The molecule has 2 aromatic carbocycles. The maximum Gasteiger partial charge on any atom is 0.248 e. The summed E-state index contributed by atoms with van der Waals surface area (Å²) in [5.74, 6) is 3.62. The zero-order chi connectivity index (χ0) is 15.9. The fraction of sp³-hybridized carbons (Fsp3) is 0.176. The molecule has 7 nitrogen and oxygen atoms in total. The highest BCUT2D eigenvalue weighted by Gasteiger charge is 2.18. The Morgan fingerprint density at radius 3 is 1.88 bits per heavy atom. The molecule has 0 saturated heterocycles. The maximum absolute atomic E-state index is 5.79. The van der Waals surface area contributed by atoms with Crippen molar-refractivity contribution in [2.75, 3.05) is 20.0 Å². The average Bonchev–Trinajstić information content (AvgIpc) is 3.30. The number of nitrogens with zero attached hydrogens (tertiary/aromatic N) is 2. The molecule has 120 valence electrons. The summed E-state index contributed by atoms with van der Waals surface area (Å²) >= 11 is 0. The Labute approximate surface area is 136 Å². The largest absolute Gasteiger partial charge is 0.486 e. The molecule has 2 aliphatic rings. The lowest BCUT2D eigenvalue weighted by molar-refractivity contribution is 0.171. The van der Waals surface area contributed by atoms with E-state index in [1.807, 2.05) is 36.4 Å². The number of aromatic nitrogens is 2. The maximum atomic E-state index is 5.79. The van der Waals surface area contributed by atoms with Gasteiger partial charge in [-0.25, -0.2) is 0 Å². The Morgan fingerprint density at radius 1 is 0.625 bits per heavy atom. The van der Waals surface area contributed by atoms with Crippen molar-refractivity contribution >= 4 is 0 Å². The van der Waals surface area contributed by atoms with E-state index in [9.17, 15) is 0 Å². The Hall–Kier alpha value is -3.22. The minimum atomic E-state index is 0.227. The number of benzene rings is 2. The van der Waals surface area contributed by atoms with Crippen molar-refractivity contribution in [1.82, 2.24) is 10.2 Å². The number of fused-ring (bicyclic) bond motifs is 2. The highest BCUT2D eigenvalue weighted by Crippen LogP contribution is 2.37. The second-order valence-corrected chi connectivity index (χ2v) is 5.34. The van der Waals surface area contributed by atoms with Gasteiger partial charge in [-0.2, -0.15) is 0 Å². The van der Waals surface area contributed by atoms with Gasteiger partial charge in [0.2, 0.25) is 18.6 Å². The summed E-state index contributed by atoms with van der Waals surface area (Å²) in [6, 6.07) is 11.0. The predicted octanol–water partition coefficient (Wildman–Crippen LogP) is 2.90. The standard InChI is InChI=1S/C17H12N2O5/c1-3-12-14(21-6-5-20-12)7-10(1)16-18-19-17(24-16)11-2-4-13-15(8-11)23-9-22-13/h1-4,7-8H,5-6,9H2. The smallest absolute Gasteiger partial charge is 0.248 e. The van der Waals surface area contributed by atoms with Crippen LogP contribution in [0.1, 0.15) is 0 Å². The first kappa shape index (κ1) is 13.2.